The Labute approximate surface area is 173 Å². The van der Waals surface area contributed by atoms with E-state index in [1.54, 1.807) is 6.07 Å². The first kappa shape index (κ1) is 18.9. The summed E-state index contributed by atoms with van der Waals surface area (Å²) in [6, 6.07) is 11.8. The number of aromatic amines is 1. The van der Waals surface area contributed by atoms with Gasteiger partial charge in [-0.1, -0.05) is 51.9 Å². The van der Waals surface area contributed by atoms with Crippen LogP contribution in [0.5, 0.6) is 0 Å². The lowest BCUT2D eigenvalue weighted by Gasteiger charge is -2.45. The van der Waals surface area contributed by atoms with Gasteiger partial charge in [0.05, 0.1) is 0 Å². The highest BCUT2D eigenvalue weighted by atomic mass is 79.9. The maximum absolute atomic E-state index is 11.9. The molecule has 142 valence electrons. The van der Waals surface area contributed by atoms with Gasteiger partial charge in [-0.2, -0.15) is 0 Å². The van der Waals surface area contributed by atoms with Crippen molar-refractivity contribution in [2.75, 3.05) is 0 Å². The molecule has 4 heteroatoms. The molecule has 1 aromatic carbocycles. The topological polar surface area (TPSA) is 45.2 Å². The second-order valence-electron chi connectivity index (χ2n) is 7.51. The Morgan fingerprint density at radius 2 is 2.00 bits per heavy atom. The van der Waals surface area contributed by atoms with Crippen LogP contribution in [0.4, 0.5) is 0 Å². The molecule has 1 aromatic heterocycles. The predicted octanol–water partition coefficient (Wildman–Crippen LogP) is 5.59. The largest absolute Gasteiger partial charge is 0.326 e. The quantitative estimate of drug-likeness (QED) is 0.496. The minimum absolute atomic E-state index is 0.0456. The van der Waals surface area contributed by atoms with E-state index in [0.717, 1.165) is 34.1 Å². The molecule has 0 unspecified atom stereocenters. The summed E-state index contributed by atoms with van der Waals surface area (Å²) in [4.78, 5) is 20.0. The van der Waals surface area contributed by atoms with E-state index in [-0.39, 0.29) is 11.5 Å². The zero-order valence-electron chi connectivity index (χ0n) is 16.1. The molecule has 2 aromatic rings. The van der Waals surface area contributed by atoms with Crippen molar-refractivity contribution in [3.8, 4) is 0 Å². The van der Waals surface area contributed by atoms with Crippen molar-refractivity contribution < 1.29 is 0 Å². The van der Waals surface area contributed by atoms with Crippen molar-refractivity contribution in [1.29, 1.82) is 0 Å². The van der Waals surface area contributed by atoms with Crippen molar-refractivity contribution in [2.24, 2.45) is 10.9 Å². The van der Waals surface area contributed by atoms with E-state index in [0.29, 0.717) is 0 Å². The summed E-state index contributed by atoms with van der Waals surface area (Å²) in [7, 11) is 0. The Balaban J connectivity index is 1.76. The molecule has 2 aliphatic carbocycles. The van der Waals surface area contributed by atoms with Gasteiger partial charge in [0.1, 0.15) is 5.54 Å². The predicted molar refractivity (Wildman–Crippen MR) is 120 cm³/mol. The molecule has 0 spiro atoms. The van der Waals surface area contributed by atoms with Gasteiger partial charge in [-0.3, -0.25) is 9.79 Å². The van der Waals surface area contributed by atoms with E-state index in [2.05, 4.69) is 65.1 Å². The van der Waals surface area contributed by atoms with Crippen LogP contribution in [0.3, 0.4) is 0 Å². The van der Waals surface area contributed by atoms with Crippen molar-refractivity contribution in [3.63, 3.8) is 0 Å². The standard InChI is InChI=1S/C24H23BrN2O/c1-3-20-18-13-16(2)15-24(20,21-10-11-23(28)27-22(21)14-18)26-12-4-5-17-6-8-19(25)9-7-17/h3-13,18H,14-15H2,1-2H3,(H,27,28)/t18-,24+/m0/s1. The zero-order valence-corrected chi connectivity index (χ0v) is 17.7. The van der Waals surface area contributed by atoms with E-state index in [1.165, 1.54) is 11.1 Å². The lowest BCUT2D eigenvalue weighted by Crippen LogP contribution is -2.40. The number of aliphatic imine (C=N–C) groups is 1. The summed E-state index contributed by atoms with van der Waals surface area (Å²) < 4.78 is 1.07. The summed E-state index contributed by atoms with van der Waals surface area (Å²) in [6.45, 7) is 4.27. The molecule has 2 bridgehead atoms. The molecule has 1 N–H and O–H groups in total. The molecular weight excluding hydrogens is 412 g/mol. The van der Waals surface area contributed by atoms with Gasteiger partial charge in [-0.05, 0) is 55.7 Å². The number of benzene rings is 1. The normalized spacial score (nSPS) is 25.3. The number of allylic oxidation sites excluding steroid dienone is 3. The van der Waals surface area contributed by atoms with Gasteiger partial charge in [0, 0.05) is 40.3 Å². The zero-order chi connectivity index (χ0) is 19.7. The Hall–Kier alpha value is -2.46. The summed E-state index contributed by atoms with van der Waals surface area (Å²) in [5, 5.41) is 0. The summed E-state index contributed by atoms with van der Waals surface area (Å²) in [6.07, 6.45) is 12.2. The number of nitrogens with zero attached hydrogens (tertiary/aromatic N) is 1. The number of hydrogen-bond acceptors (Lipinski definition) is 2. The first-order valence-electron chi connectivity index (χ1n) is 9.56. The SMILES string of the molecule is CC=C1[C@H]2C=C(C)C[C@]1(N=CC=Cc1ccc(Br)cc1)c1ccc(=O)[nH]c1C2. The number of hydrogen-bond donors (Lipinski definition) is 1. The van der Waals surface area contributed by atoms with E-state index < -0.39 is 5.54 Å². The molecule has 3 nitrogen and oxygen atoms in total. The van der Waals surface area contributed by atoms with Gasteiger partial charge in [-0.25, -0.2) is 0 Å². The van der Waals surface area contributed by atoms with Gasteiger partial charge in [0.2, 0.25) is 5.56 Å². The summed E-state index contributed by atoms with van der Waals surface area (Å²) >= 11 is 3.46. The van der Waals surface area contributed by atoms with Gasteiger partial charge >= 0.3 is 0 Å². The van der Waals surface area contributed by atoms with Crippen molar-refractivity contribution in [3.05, 3.63) is 97.4 Å². The van der Waals surface area contributed by atoms with Crippen LogP contribution in [0.2, 0.25) is 0 Å². The average Bonchev–Trinajstić information content (AvgIpc) is 2.66. The minimum atomic E-state index is -0.430. The van der Waals surface area contributed by atoms with Crippen LogP contribution in [-0.2, 0) is 12.0 Å². The second-order valence-corrected chi connectivity index (χ2v) is 8.42. The van der Waals surface area contributed by atoms with E-state index in [9.17, 15) is 4.79 Å². The summed E-state index contributed by atoms with van der Waals surface area (Å²) in [5.41, 5.74) is 5.46. The van der Waals surface area contributed by atoms with Crippen molar-refractivity contribution >= 4 is 28.2 Å². The van der Waals surface area contributed by atoms with Crippen molar-refractivity contribution in [2.45, 2.75) is 32.2 Å². The number of nitrogens with one attached hydrogen (secondary N) is 1. The van der Waals surface area contributed by atoms with E-state index in [4.69, 9.17) is 4.99 Å². The third-order valence-corrected chi connectivity index (χ3v) is 6.15. The fourth-order valence-electron chi connectivity index (χ4n) is 4.55. The molecule has 0 saturated carbocycles. The van der Waals surface area contributed by atoms with Crippen LogP contribution in [0.25, 0.3) is 6.08 Å². The van der Waals surface area contributed by atoms with Crippen LogP contribution in [-0.4, -0.2) is 11.2 Å². The average molecular weight is 435 g/mol. The van der Waals surface area contributed by atoms with Gasteiger partial charge in [0.25, 0.3) is 0 Å². The number of fused-ring (bicyclic) bond motifs is 4. The van der Waals surface area contributed by atoms with Crippen molar-refractivity contribution in [1.82, 2.24) is 4.98 Å². The molecule has 4 rings (SSSR count). The number of aromatic nitrogens is 1. The Morgan fingerprint density at radius 1 is 1.21 bits per heavy atom. The molecule has 0 amide bonds. The van der Waals surface area contributed by atoms with Gasteiger partial charge in [-0.15, -0.1) is 0 Å². The summed E-state index contributed by atoms with van der Waals surface area (Å²) in [5.74, 6) is 0.289. The molecule has 2 atom stereocenters. The first-order valence-corrected chi connectivity index (χ1v) is 10.4. The van der Waals surface area contributed by atoms with Crippen LogP contribution >= 0.6 is 15.9 Å². The van der Waals surface area contributed by atoms with Crippen LogP contribution in [0, 0.1) is 5.92 Å². The monoisotopic (exact) mass is 434 g/mol. The molecule has 0 aliphatic heterocycles. The Bertz CT molecular complexity index is 1070. The number of halogens is 1. The van der Waals surface area contributed by atoms with Crippen LogP contribution in [0.15, 0.2) is 80.0 Å². The highest BCUT2D eigenvalue weighted by Gasteiger charge is 2.46. The van der Waals surface area contributed by atoms with E-state index >= 15 is 0 Å². The fraction of sp³-hybridized carbons (Fsp3) is 0.250. The Morgan fingerprint density at radius 3 is 2.75 bits per heavy atom. The second kappa shape index (κ2) is 7.51. The smallest absolute Gasteiger partial charge is 0.248 e. The lowest BCUT2D eigenvalue weighted by molar-refractivity contribution is 0.413. The van der Waals surface area contributed by atoms with Gasteiger partial charge in [0.15, 0.2) is 0 Å². The molecule has 2 aliphatic rings. The molecule has 28 heavy (non-hydrogen) atoms. The molecule has 0 fully saturated rings. The molecule has 0 saturated heterocycles. The Kier molecular flexibility index (Phi) is 5.07. The highest BCUT2D eigenvalue weighted by molar-refractivity contribution is 9.10. The van der Waals surface area contributed by atoms with Gasteiger partial charge < -0.3 is 4.98 Å². The van der Waals surface area contributed by atoms with Crippen LogP contribution < -0.4 is 5.56 Å². The van der Waals surface area contributed by atoms with Crippen LogP contribution in [0.1, 0.15) is 37.1 Å². The number of pyridine rings is 1. The molecule has 0 radical (unpaired) electrons. The highest BCUT2D eigenvalue weighted by Crippen LogP contribution is 2.51. The lowest BCUT2D eigenvalue weighted by atomic mass is 9.63. The third-order valence-electron chi connectivity index (χ3n) is 5.62. The number of rotatable bonds is 3. The minimum Gasteiger partial charge on any atom is -0.326 e. The maximum Gasteiger partial charge on any atom is 0.248 e. The molecular formula is C24H23BrN2O. The first-order chi connectivity index (χ1) is 13.5. The fourth-order valence-corrected chi connectivity index (χ4v) is 4.81. The van der Waals surface area contributed by atoms with E-state index in [1.807, 2.05) is 30.5 Å². The molecule has 1 heterocycles. The maximum atomic E-state index is 11.9. The third kappa shape index (κ3) is 3.37. The number of H-pyrrole nitrogens is 1.